The third-order valence-corrected chi connectivity index (χ3v) is 1.77. The van der Waals surface area contributed by atoms with E-state index in [2.05, 4.69) is 0 Å². The maximum Gasteiger partial charge on any atom is 0.236 e. The molecule has 0 spiro atoms. The number of aryl methyl sites for hydroxylation is 2. The van der Waals surface area contributed by atoms with E-state index in [4.69, 9.17) is 10.3 Å². The SMILES string of the molecule is Cc1ccc(CCC(=O)N(C)N)o1. The molecule has 1 aromatic heterocycles. The Kier molecular flexibility index (Phi) is 3.08. The molecule has 0 aliphatic carbocycles. The summed E-state index contributed by atoms with van der Waals surface area (Å²) in [6.07, 6.45) is 0.994. The van der Waals surface area contributed by atoms with Gasteiger partial charge in [0.15, 0.2) is 0 Å². The molecule has 1 rings (SSSR count). The van der Waals surface area contributed by atoms with Gasteiger partial charge >= 0.3 is 0 Å². The summed E-state index contributed by atoms with van der Waals surface area (Å²) in [6, 6.07) is 3.76. The van der Waals surface area contributed by atoms with Crippen LogP contribution in [0.4, 0.5) is 0 Å². The van der Waals surface area contributed by atoms with Gasteiger partial charge in [-0.2, -0.15) is 0 Å². The summed E-state index contributed by atoms with van der Waals surface area (Å²) in [5.41, 5.74) is 0. The quantitative estimate of drug-likeness (QED) is 0.428. The summed E-state index contributed by atoms with van der Waals surface area (Å²) in [6.45, 7) is 1.88. The highest BCUT2D eigenvalue weighted by atomic mass is 16.3. The molecule has 0 bridgehead atoms. The Morgan fingerprint density at radius 3 is 2.77 bits per heavy atom. The molecule has 0 aliphatic rings. The predicted octanol–water partition coefficient (Wildman–Crippen LogP) is 0.853. The van der Waals surface area contributed by atoms with Crippen LogP contribution in [0.15, 0.2) is 16.5 Å². The molecule has 13 heavy (non-hydrogen) atoms. The zero-order valence-electron chi connectivity index (χ0n) is 7.91. The lowest BCUT2D eigenvalue weighted by atomic mass is 10.2. The van der Waals surface area contributed by atoms with Crippen molar-refractivity contribution in [2.75, 3.05) is 7.05 Å². The van der Waals surface area contributed by atoms with Crippen molar-refractivity contribution in [2.24, 2.45) is 5.84 Å². The minimum Gasteiger partial charge on any atom is -0.466 e. The van der Waals surface area contributed by atoms with Crippen molar-refractivity contribution in [1.29, 1.82) is 0 Å². The second-order valence-electron chi connectivity index (χ2n) is 3.02. The summed E-state index contributed by atoms with van der Waals surface area (Å²) < 4.78 is 5.30. The molecule has 2 N–H and O–H groups in total. The number of amides is 1. The van der Waals surface area contributed by atoms with Gasteiger partial charge in [-0.3, -0.25) is 9.80 Å². The molecular weight excluding hydrogens is 168 g/mol. The largest absolute Gasteiger partial charge is 0.466 e. The van der Waals surface area contributed by atoms with Crippen LogP contribution in [-0.2, 0) is 11.2 Å². The molecule has 1 heterocycles. The topological polar surface area (TPSA) is 59.5 Å². The first-order valence-electron chi connectivity index (χ1n) is 4.16. The average molecular weight is 182 g/mol. The van der Waals surface area contributed by atoms with Gasteiger partial charge in [0, 0.05) is 19.9 Å². The van der Waals surface area contributed by atoms with Crippen molar-refractivity contribution >= 4 is 5.91 Å². The van der Waals surface area contributed by atoms with Crippen molar-refractivity contribution in [3.8, 4) is 0 Å². The lowest BCUT2D eigenvalue weighted by Crippen LogP contribution is -2.33. The van der Waals surface area contributed by atoms with Gasteiger partial charge in [-0.1, -0.05) is 0 Å². The normalized spacial score (nSPS) is 10.1. The highest BCUT2D eigenvalue weighted by molar-refractivity contribution is 5.75. The number of rotatable bonds is 3. The second kappa shape index (κ2) is 4.09. The molecule has 1 aromatic rings. The summed E-state index contributed by atoms with van der Waals surface area (Å²) >= 11 is 0. The fourth-order valence-electron chi connectivity index (χ4n) is 1.03. The maximum absolute atomic E-state index is 11.1. The monoisotopic (exact) mass is 182 g/mol. The molecule has 0 unspecified atom stereocenters. The maximum atomic E-state index is 11.1. The Morgan fingerprint density at radius 2 is 2.31 bits per heavy atom. The molecule has 0 aliphatic heterocycles. The number of carbonyl (C=O) groups excluding carboxylic acids is 1. The van der Waals surface area contributed by atoms with Crippen LogP contribution in [0.25, 0.3) is 0 Å². The Bertz CT molecular complexity index is 292. The van der Waals surface area contributed by atoms with Crippen molar-refractivity contribution < 1.29 is 9.21 Å². The van der Waals surface area contributed by atoms with Gasteiger partial charge in [-0.15, -0.1) is 0 Å². The molecule has 72 valence electrons. The standard InChI is InChI=1S/C9H14N2O2/c1-7-3-4-8(13-7)5-6-9(12)11(2)10/h3-4H,5-6,10H2,1-2H3. The minimum atomic E-state index is -0.0888. The number of hydrogen-bond acceptors (Lipinski definition) is 3. The van der Waals surface area contributed by atoms with Crippen LogP contribution in [0.1, 0.15) is 17.9 Å². The van der Waals surface area contributed by atoms with E-state index < -0.39 is 0 Å². The predicted molar refractivity (Wildman–Crippen MR) is 48.7 cm³/mol. The average Bonchev–Trinajstić information content (AvgIpc) is 2.47. The van der Waals surface area contributed by atoms with Crippen molar-refractivity contribution in [3.63, 3.8) is 0 Å². The van der Waals surface area contributed by atoms with Gasteiger partial charge in [-0.05, 0) is 19.1 Å². The van der Waals surface area contributed by atoms with E-state index in [1.807, 2.05) is 19.1 Å². The second-order valence-corrected chi connectivity index (χ2v) is 3.02. The van der Waals surface area contributed by atoms with E-state index in [9.17, 15) is 4.79 Å². The number of carbonyl (C=O) groups is 1. The van der Waals surface area contributed by atoms with Crippen molar-refractivity contribution in [2.45, 2.75) is 19.8 Å². The molecular formula is C9H14N2O2. The number of hydrazine groups is 1. The van der Waals surface area contributed by atoms with E-state index in [0.29, 0.717) is 12.8 Å². The molecule has 0 saturated heterocycles. The Morgan fingerprint density at radius 1 is 1.62 bits per heavy atom. The van der Waals surface area contributed by atoms with Crippen LogP contribution in [0.5, 0.6) is 0 Å². The van der Waals surface area contributed by atoms with Crippen molar-refractivity contribution in [1.82, 2.24) is 5.01 Å². The van der Waals surface area contributed by atoms with E-state index in [1.165, 1.54) is 7.05 Å². The Balaban J connectivity index is 2.39. The van der Waals surface area contributed by atoms with E-state index in [0.717, 1.165) is 16.5 Å². The molecule has 0 radical (unpaired) electrons. The highest BCUT2D eigenvalue weighted by Gasteiger charge is 2.06. The fraction of sp³-hybridized carbons (Fsp3) is 0.444. The highest BCUT2D eigenvalue weighted by Crippen LogP contribution is 2.08. The molecule has 0 aromatic carbocycles. The van der Waals surface area contributed by atoms with Gasteiger partial charge < -0.3 is 4.42 Å². The number of hydrogen-bond donors (Lipinski definition) is 1. The Labute approximate surface area is 77.3 Å². The van der Waals surface area contributed by atoms with Gasteiger partial charge in [0.25, 0.3) is 0 Å². The lowest BCUT2D eigenvalue weighted by Gasteiger charge is -2.08. The summed E-state index contributed by atoms with van der Waals surface area (Å²) in [5.74, 6) is 6.86. The van der Waals surface area contributed by atoms with Gasteiger partial charge in [0.05, 0.1) is 0 Å². The summed E-state index contributed by atoms with van der Waals surface area (Å²) in [5, 5.41) is 1.09. The van der Waals surface area contributed by atoms with Gasteiger partial charge in [-0.25, -0.2) is 5.84 Å². The third kappa shape index (κ3) is 2.91. The van der Waals surface area contributed by atoms with E-state index >= 15 is 0 Å². The Hall–Kier alpha value is -1.29. The minimum absolute atomic E-state index is 0.0888. The zero-order valence-corrected chi connectivity index (χ0v) is 7.91. The van der Waals surface area contributed by atoms with Crippen LogP contribution in [0.2, 0.25) is 0 Å². The lowest BCUT2D eigenvalue weighted by molar-refractivity contribution is -0.130. The number of furan rings is 1. The molecule has 1 amide bonds. The first-order chi connectivity index (χ1) is 6.09. The molecule has 0 atom stereocenters. The zero-order chi connectivity index (χ0) is 9.84. The summed E-state index contributed by atoms with van der Waals surface area (Å²) in [4.78, 5) is 11.1. The third-order valence-electron chi connectivity index (χ3n) is 1.77. The molecule has 4 heteroatoms. The van der Waals surface area contributed by atoms with Gasteiger partial charge in [0.1, 0.15) is 11.5 Å². The van der Waals surface area contributed by atoms with E-state index in [1.54, 1.807) is 0 Å². The van der Waals surface area contributed by atoms with Crippen molar-refractivity contribution in [3.05, 3.63) is 23.7 Å². The number of nitrogens with two attached hydrogens (primary N) is 1. The number of nitrogens with zero attached hydrogens (tertiary/aromatic N) is 1. The van der Waals surface area contributed by atoms with Crippen LogP contribution in [0.3, 0.4) is 0 Å². The fourth-order valence-corrected chi connectivity index (χ4v) is 1.03. The van der Waals surface area contributed by atoms with Crippen LogP contribution in [-0.4, -0.2) is 18.0 Å². The van der Waals surface area contributed by atoms with Crippen LogP contribution >= 0.6 is 0 Å². The van der Waals surface area contributed by atoms with Crippen LogP contribution < -0.4 is 5.84 Å². The molecule has 0 fully saturated rings. The molecule has 4 nitrogen and oxygen atoms in total. The smallest absolute Gasteiger partial charge is 0.236 e. The summed E-state index contributed by atoms with van der Waals surface area (Å²) in [7, 11) is 1.54. The van der Waals surface area contributed by atoms with E-state index in [-0.39, 0.29) is 5.91 Å². The first-order valence-corrected chi connectivity index (χ1v) is 4.16. The molecule has 0 saturated carbocycles. The van der Waals surface area contributed by atoms with Crippen LogP contribution in [0, 0.1) is 6.92 Å². The first kappa shape index (κ1) is 9.80. The van der Waals surface area contributed by atoms with Gasteiger partial charge in [0.2, 0.25) is 5.91 Å².